The summed E-state index contributed by atoms with van der Waals surface area (Å²) in [6.45, 7) is 4.54. The Hall–Kier alpha value is -0.530. The number of rotatable bonds is 6. The molecule has 14 heavy (non-hydrogen) atoms. The van der Waals surface area contributed by atoms with Crippen LogP contribution in [0.1, 0.15) is 52.4 Å². The predicted molar refractivity (Wildman–Crippen MR) is 59.0 cm³/mol. The molecule has 1 N–H and O–H groups in total. The summed E-state index contributed by atoms with van der Waals surface area (Å²) in [4.78, 5) is 10.4. The first-order valence-corrected chi connectivity index (χ1v) is 6.01. The Bertz CT molecular complexity index is 166. The Kier molecular flexibility index (Phi) is 4.99. The van der Waals surface area contributed by atoms with E-state index in [0.29, 0.717) is 6.04 Å². The highest BCUT2D eigenvalue weighted by Gasteiger charge is 2.27. The van der Waals surface area contributed by atoms with Gasteiger partial charge in [-0.2, -0.15) is 0 Å². The minimum absolute atomic E-state index is 0.466. The normalized spacial score (nSPS) is 26.8. The lowest BCUT2D eigenvalue weighted by Crippen LogP contribution is -2.32. The van der Waals surface area contributed by atoms with Gasteiger partial charge in [-0.3, -0.25) is 4.79 Å². The van der Waals surface area contributed by atoms with Gasteiger partial charge in [-0.25, -0.2) is 0 Å². The molecule has 0 aromatic carbocycles. The largest absolute Gasteiger partial charge is 0.356 e. The summed E-state index contributed by atoms with van der Waals surface area (Å²) in [6, 6.07) is 0.466. The summed E-state index contributed by atoms with van der Waals surface area (Å²) in [7, 11) is 0. The van der Waals surface area contributed by atoms with Crippen molar-refractivity contribution in [2.24, 2.45) is 11.8 Å². The van der Waals surface area contributed by atoms with Gasteiger partial charge < -0.3 is 5.32 Å². The molecule has 1 rings (SSSR count). The fourth-order valence-corrected chi connectivity index (χ4v) is 2.68. The number of hydrogen-bond donors (Lipinski definition) is 1. The first-order valence-electron chi connectivity index (χ1n) is 6.01. The molecule has 1 fully saturated rings. The van der Waals surface area contributed by atoms with Crippen molar-refractivity contribution in [3.05, 3.63) is 0 Å². The van der Waals surface area contributed by atoms with E-state index in [4.69, 9.17) is 0 Å². The van der Waals surface area contributed by atoms with Crippen molar-refractivity contribution in [2.75, 3.05) is 0 Å². The molecular formula is C12H23NO. The third kappa shape index (κ3) is 3.00. The average Bonchev–Trinajstić information content (AvgIpc) is 2.62. The van der Waals surface area contributed by atoms with Crippen molar-refractivity contribution in [1.29, 1.82) is 0 Å². The van der Waals surface area contributed by atoms with Gasteiger partial charge in [0.05, 0.1) is 0 Å². The first-order chi connectivity index (χ1) is 6.81. The summed E-state index contributed by atoms with van der Waals surface area (Å²) >= 11 is 0. The number of nitrogens with one attached hydrogen (secondary N) is 1. The zero-order chi connectivity index (χ0) is 10.4. The standard InChI is InChI=1S/C12H23NO/c1-3-10(4-2)8-11-6-5-7-12(11)13-9-14/h9-12H,3-8H2,1-2H3,(H,13,14)/t11?,12-/m1/s1. The van der Waals surface area contributed by atoms with E-state index in [0.717, 1.165) is 18.2 Å². The zero-order valence-corrected chi connectivity index (χ0v) is 9.46. The molecule has 1 aliphatic rings. The van der Waals surface area contributed by atoms with Crippen molar-refractivity contribution in [3.8, 4) is 0 Å². The van der Waals surface area contributed by atoms with Crippen molar-refractivity contribution in [3.63, 3.8) is 0 Å². The van der Waals surface area contributed by atoms with Crippen molar-refractivity contribution >= 4 is 6.41 Å². The van der Waals surface area contributed by atoms with E-state index in [1.54, 1.807) is 0 Å². The van der Waals surface area contributed by atoms with Crippen LogP contribution in [0.15, 0.2) is 0 Å². The summed E-state index contributed by atoms with van der Waals surface area (Å²) in [5.41, 5.74) is 0. The second-order valence-corrected chi connectivity index (χ2v) is 4.50. The highest BCUT2D eigenvalue weighted by Crippen LogP contribution is 2.32. The van der Waals surface area contributed by atoms with Gasteiger partial charge in [0.25, 0.3) is 0 Å². The number of carbonyl (C=O) groups is 1. The van der Waals surface area contributed by atoms with Crippen LogP contribution in [0.4, 0.5) is 0 Å². The highest BCUT2D eigenvalue weighted by molar-refractivity contribution is 5.46. The molecule has 0 spiro atoms. The smallest absolute Gasteiger partial charge is 0.207 e. The fourth-order valence-electron chi connectivity index (χ4n) is 2.68. The summed E-state index contributed by atoms with van der Waals surface area (Å²) < 4.78 is 0. The van der Waals surface area contributed by atoms with E-state index in [9.17, 15) is 4.79 Å². The average molecular weight is 197 g/mol. The molecule has 0 heterocycles. The summed E-state index contributed by atoms with van der Waals surface area (Å²) in [5.74, 6) is 1.60. The Morgan fingerprint density at radius 3 is 2.64 bits per heavy atom. The maximum atomic E-state index is 10.4. The minimum Gasteiger partial charge on any atom is -0.356 e. The molecule has 1 amide bonds. The molecular weight excluding hydrogens is 174 g/mol. The molecule has 0 saturated heterocycles. The molecule has 1 aliphatic carbocycles. The lowest BCUT2D eigenvalue weighted by molar-refractivity contribution is -0.110. The van der Waals surface area contributed by atoms with Crippen molar-refractivity contribution in [2.45, 2.75) is 58.4 Å². The molecule has 82 valence electrons. The van der Waals surface area contributed by atoms with Gasteiger partial charge >= 0.3 is 0 Å². The maximum Gasteiger partial charge on any atom is 0.207 e. The van der Waals surface area contributed by atoms with Crippen molar-refractivity contribution < 1.29 is 4.79 Å². The van der Waals surface area contributed by atoms with Crippen LogP contribution < -0.4 is 5.32 Å². The second kappa shape index (κ2) is 6.05. The van der Waals surface area contributed by atoms with Crippen LogP contribution in [0.25, 0.3) is 0 Å². The Morgan fingerprint density at radius 1 is 1.36 bits per heavy atom. The quantitative estimate of drug-likeness (QED) is 0.652. The summed E-state index contributed by atoms with van der Waals surface area (Å²) in [6.07, 6.45) is 8.51. The third-order valence-electron chi connectivity index (χ3n) is 3.73. The minimum atomic E-state index is 0.466. The van der Waals surface area contributed by atoms with Gasteiger partial charge in [0.15, 0.2) is 0 Å². The molecule has 0 radical (unpaired) electrons. The van der Waals surface area contributed by atoms with Crippen LogP contribution >= 0.6 is 0 Å². The van der Waals surface area contributed by atoms with Crippen LogP contribution in [0.2, 0.25) is 0 Å². The lowest BCUT2D eigenvalue weighted by Gasteiger charge is -2.23. The van der Waals surface area contributed by atoms with E-state index in [2.05, 4.69) is 19.2 Å². The Labute approximate surface area is 87.5 Å². The molecule has 2 atom stereocenters. The molecule has 1 unspecified atom stereocenters. The molecule has 0 aliphatic heterocycles. The Morgan fingerprint density at radius 2 is 2.07 bits per heavy atom. The van der Waals surface area contributed by atoms with Gasteiger partial charge in [0, 0.05) is 6.04 Å². The SMILES string of the molecule is CCC(CC)CC1CCC[C@H]1NC=O. The van der Waals surface area contributed by atoms with Gasteiger partial charge in [-0.1, -0.05) is 33.1 Å². The molecule has 1 saturated carbocycles. The maximum absolute atomic E-state index is 10.4. The molecule has 2 heteroatoms. The fraction of sp³-hybridized carbons (Fsp3) is 0.917. The van der Waals surface area contributed by atoms with Crippen molar-refractivity contribution in [1.82, 2.24) is 5.32 Å². The predicted octanol–water partition coefficient (Wildman–Crippen LogP) is 2.73. The molecule has 2 nitrogen and oxygen atoms in total. The topological polar surface area (TPSA) is 29.1 Å². The van der Waals surface area contributed by atoms with E-state index in [-0.39, 0.29) is 0 Å². The van der Waals surface area contributed by atoms with Crippen LogP contribution in [-0.4, -0.2) is 12.5 Å². The zero-order valence-electron chi connectivity index (χ0n) is 9.46. The van der Waals surface area contributed by atoms with E-state index >= 15 is 0 Å². The number of carbonyl (C=O) groups excluding carboxylic acids is 1. The van der Waals surface area contributed by atoms with E-state index in [1.807, 2.05) is 0 Å². The summed E-state index contributed by atoms with van der Waals surface area (Å²) in [5, 5.41) is 2.97. The van der Waals surface area contributed by atoms with Gasteiger partial charge in [-0.05, 0) is 31.1 Å². The first kappa shape index (κ1) is 11.5. The lowest BCUT2D eigenvalue weighted by atomic mass is 9.88. The monoisotopic (exact) mass is 197 g/mol. The number of hydrogen-bond acceptors (Lipinski definition) is 1. The van der Waals surface area contributed by atoms with Crippen LogP contribution in [-0.2, 0) is 4.79 Å². The van der Waals surface area contributed by atoms with Crippen LogP contribution in [0, 0.1) is 11.8 Å². The van der Waals surface area contributed by atoms with E-state index in [1.165, 1.54) is 38.5 Å². The Balaban J connectivity index is 2.37. The third-order valence-corrected chi connectivity index (χ3v) is 3.73. The van der Waals surface area contributed by atoms with Crippen LogP contribution in [0.3, 0.4) is 0 Å². The number of amides is 1. The van der Waals surface area contributed by atoms with Gasteiger partial charge in [0.2, 0.25) is 6.41 Å². The van der Waals surface area contributed by atoms with Gasteiger partial charge in [-0.15, -0.1) is 0 Å². The second-order valence-electron chi connectivity index (χ2n) is 4.50. The van der Waals surface area contributed by atoms with E-state index < -0.39 is 0 Å². The molecule has 0 bridgehead atoms. The molecule has 0 aromatic rings. The highest BCUT2D eigenvalue weighted by atomic mass is 16.1. The van der Waals surface area contributed by atoms with Gasteiger partial charge in [0.1, 0.15) is 0 Å². The van der Waals surface area contributed by atoms with Crippen LogP contribution in [0.5, 0.6) is 0 Å². The molecule has 0 aromatic heterocycles.